The van der Waals surface area contributed by atoms with E-state index in [9.17, 15) is 0 Å². The molecule has 0 fully saturated rings. The number of hydrogen-bond acceptors (Lipinski definition) is 0. The molecule has 0 amide bonds. The third-order valence-electron chi connectivity index (χ3n) is 2.43. The lowest BCUT2D eigenvalue weighted by Crippen LogP contribution is -1.74. The van der Waals surface area contributed by atoms with Gasteiger partial charge in [0.25, 0.3) is 0 Å². The Morgan fingerprint density at radius 3 is 2.28 bits per heavy atom. The molecule has 0 atom stereocenters. The van der Waals surface area contributed by atoms with E-state index in [1.54, 1.807) is 12.1 Å². The molecule has 0 saturated heterocycles. The van der Waals surface area contributed by atoms with Crippen LogP contribution in [0.25, 0.3) is 12.2 Å². The normalized spacial score (nSPS) is 11.4. The van der Waals surface area contributed by atoms with Crippen molar-refractivity contribution in [3.05, 3.63) is 81.9 Å². The molecule has 0 aliphatic heterocycles. The topological polar surface area (TPSA) is 0 Å². The highest BCUT2D eigenvalue weighted by atomic mass is 35.5. The third kappa shape index (κ3) is 3.76. The van der Waals surface area contributed by atoms with Crippen molar-refractivity contribution in [2.75, 3.05) is 0 Å². The highest BCUT2D eigenvalue weighted by Gasteiger charge is 1.96. The van der Waals surface area contributed by atoms with Gasteiger partial charge in [0, 0.05) is 10.0 Å². The monoisotopic (exact) mass is 274 g/mol. The molecular weight excluding hydrogens is 263 g/mol. The second-order valence-corrected chi connectivity index (χ2v) is 4.64. The van der Waals surface area contributed by atoms with Gasteiger partial charge in [0.05, 0.1) is 0 Å². The van der Waals surface area contributed by atoms with Gasteiger partial charge < -0.3 is 0 Å². The molecule has 2 heteroatoms. The first kappa shape index (κ1) is 12.9. The summed E-state index contributed by atoms with van der Waals surface area (Å²) in [7, 11) is 0. The summed E-state index contributed by atoms with van der Waals surface area (Å²) in [6.45, 7) is 0. The van der Waals surface area contributed by atoms with Crippen molar-refractivity contribution in [1.82, 2.24) is 0 Å². The molecule has 0 spiro atoms. The quantitative estimate of drug-likeness (QED) is 0.628. The molecule has 0 aliphatic rings. The molecule has 0 aliphatic carbocycles. The summed E-state index contributed by atoms with van der Waals surface area (Å²) in [5, 5.41) is 1.38. The Hall–Kier alpha value is -1.50. The van der Waals surface area contributed by atoms with Crippen LogP contribution in [0.4, 0.5) is 0 Å². The molecule has 0 saturated carbocycles. The van der Waals surface area contributed by atoms with Gasteiger partial charge in [-0.2, -0.15) is 0 Å². The lowest BCUT2D eigenvalue weighted by Gasteiger charge is -1.97. The van der Waals surface area contributed by atoms with Crippen molar-refractivity contribution >= 4 is 35.4 Å². The molecule has 2 aromatic rings. The zero-order valence-electron chi connectivity index (χ0n) is 9.68. The van der Waals surface area contributed by atoms with Crippen molar-refractivity contribution in [3.63, 3.8) is 0 Å². The molecule has 0 N–H and O–H groups in total. The van der Waals surface area contributed by atoms with E-state index >= 15 is 0 Å². The highest BCUT2D eigenvalue weighted by Crippen LogP contribution is 2.21. The van der Waals surface area contributed by atoms with Crippen LogP contribution in [0.2, 0.25) is 10.0 Å². The second-order valence-electron chi connectivity index (χ2n) is 3.79. The van der Waals surface area contributed by atoms with E-state index in [1.165, 1.54) is 5.56 Å². The smallest absolute Gasteiger partial charge is 0.0479 e. The standard InChI is InChI=1S/C16H12Cl2/c17-15-10-11-16(18)14(12-15)9-5-4-8-13-6-2-1-3-7-13/h1-12H/b8-4+,9-5+. The number of halogens is 2. The number of allylic oxidation sites excluding steroid dienone is 2. The van der Waals surface area contributed by atoms with Crippen LogP contribution < -0.4 is 0 Å². The Balaban J connectivity index is 2.08. The molecule has 0 heterocycles. The molecule has 0 radical (unpaired) electrons. The van der Waals surface area contributed by atoms with Crippen molar-refractivity contribution in [2.24, 2.45) is 0 Å². The summed E-state index contributed by atoms with van der Waals surface area (Å²) in [5.74, 6) is 0. The maximum absolute atomic E-state index is 6.06. The summed E-state index contributed by atoms with van der Waals surface area (Å²) in [4.78, 5) is 0. The first-order chi connectivity index (χ1) is 8.75. The Kier molecular flexibility index (Phi) is 4.63. The second kappa shape index (κ2) is 6.44. The van der Waals surface area contributed by atoms with Crippen LogP contribution >= 0.6 is 23.2 Å². The molecule has 0 bridgehead atoms. The first-order valence-electron chi connectivity index (χ1n) is 5.60. The minimum Gasteiger partial charge on any atom is -0.0843 e. The predicted molar refractivity (Wildman–Crippen MR) is 81.0 cm³/mol. The fourth-order valence-corrected chi connectivity index (χ4v) is 1.89. The van der Waals surface area contributed by atoms with Gasteiger partial charge in [-0.15, -0.1) is 0 Å². The van der Waals surface area contributed by atoms with Crippen LogP contribution in [0.3, 0.4) is 0 Å². The lowest BCUT2D eigenvalue weighted by molar-refractivity contribution is 1.65. The van der Waals surface area contributed by atoms with E-state index in [0.717, 1.165) is 5.56 Å². The van der Waals surface area contributed by atoms with E-state index in [2.05, 4.69) is 12.1 Å². The lowest BCUT2D eigenvalue weighted by atomic mass is 10.2. The average molecular weight is 275 g/mol. The Labute approximate surface area is 117 Å². The van der Waals surface area contributed by atoms with E-state index in [-0.39, 0.29) is 0 Å². The van der Waals surface area contributed by atoms with Crippen LogP contribution in [0, 0.1) is 0 Å². The van der Waals surface area contributed by atoms with Crippen LogP contribution in [-0.2, 0) is 0 Å². The summed E-state index contributed by atoms with van der Waals surface area (Å²) in [6.07, 6.45) is 7.90. The largest absolute Gasteiger partial charge is 0.0843 e. The maximum Gasteiger partial charge on any atom is 0.0479 e. The molecule has 90 valence electrons. The number of hydrogen-bond donors (Lipinski definition) is 0. The van der Waals surface area contributed by atoms with E-state index in [0.29, 0.717) is 10.0 Å². The van der Waals surface area contributed by atoms with Gasteiger partial charge in [-0.1, -0.05) is 77.8 Å². The summed E-state index contributed by atoms with van der Waals surface area (Å²) >= 11 is 12.0. The van der Waals surface area contributed by atoms with Gasteiger partial charge in [-0.3, -0.25) is 0 Å². The maximum atomic E-state index is 6.06. The van der Waals surface area contributed by atoms with Gasteiger partial charge in [0.15, 0.2) is 0 Å². The summed E-state index contributed by atoms with van der Waals surface area (Å²) in [5.41, 5.74) is 2.08. The van der Waals surface area contributed by atoms with Crippen LogP contribution in [-0.4, -0.2) is 0 Å². The molecule has 0 nitrogen and oxygen atoms in total. The van der Waals surface area contributed by atoms with Crippen LogP contribution in [0.15, 0.2) is 60.7 Å². The SMILES string of the molecule is Clc1ccc(Cl)c(/C=C/C=C/c2ccccc2)c1. The van der Waals surface area contributed by atoms with E-state index in [1.807, 2.05) is 48.6 Å². The average Bonchev–Trinajstić information content (AvgIpc) is 2.40. The van der Waals surface area contributed by atoms with Crippen molar-refractivity contribution < 1.29 is 0 Å². The van der Waals surface area contributed by atoms with Crippen LogP contribution in [0.1, 0.15) is 11.1 Å². The number of rotatable bonds is 3. The molecule has 0 aromatic heterocycles. The number of benzene rings is 2. The molecule has 18 heavy (non-hydrogen) atoms. The van der Waals surface area contributed by atoms with Crippen molar-refractivity contribution in [2.45, 2.75) is 0 Å². The fourth-order valence-electron chi connectivity index (χ4n) is 1.53. The van der Waals surface area contributed by atoms with Gasteiger partial charge in [-0.05, 0) is 29.3 Å². The Bertz CT molecular complexity index is 569. The van der Waals surface area contributed by atoms with Gasteiger partial charge >= 0.3 is 0 Å². The first-order valence-corrected chi connectivity index (χ1v) is 6.36. The predicted octanol–water partition coefficient (Wildman–Crippen LogP) is 5.72. The highest BCUT2D eigenvalue weighted by molar-refractivity contribution is 6.34. The minimum atomic E-state index is 0.686. The van der Waals surface area contributed by atoms with Crippen molar-refractivity contribution in [3.8, 4) is 0 Å². The molecular formula is C16H12Cl2. The van der Waals surface area contributed by atoms with Crippen LogP contribution in [0.5, 0.6) is 0 Å². The molecule has 2 aromatic carbocycles. The Morgan fingerprint density at radius 1 is 0.778 bits per heavy atom. The van der Waals surface area contributed by atoms with Crippen molar-refractivity contribution in [1.29, 1.82) is 0 Å². The van der Waals surface area contributed by atoms with Gasteiger partial charge in [0.2, 0.25) is 0 Å². The third-order valence-corrected chi connectivity index (χ3v) is 3.01. The Morgan fingerprint density at radius 2 is 1.50 bits per heavy atom. The van der Waals surface area contributed by atoms with E-state index < -0.39 is 0 Å². The summed E-state index contributed by atoms with van der Waals surface area (Å²) in [6, 6.07) is 15.5. The van der Waals surface area contributed by atoms with Gasteiger partial charge in [-0.25, -0.2) is 0 Å². The molecule has 2 rings (SSSR count). The zero-order chi connectivity index (χ0) is 12.8. The fraction of sp³-hybridized carbons (Fsp3) is 0. The van der Waals surface area contributed by atoms with Gasteiger partial charge in [0.1, 0.15) is 0 Å². The summed E-state index contributed by atoms with van der Waals surface area (Å²) < 4.78 is 0. The van der Waals surface area contributed by atoms with E-state index in [4.69, 9.17) is 23.2 Å². The molecule has 0 unspecified atom stereocenters. The zero-order valence-corrected chi connectivity index (χ0v) is 11.2. The minimum absolute atomic E-state index is 0.686.